The van der Waals surface area contributed by atoms with Gasteiger partial charge in [-0.25, -0.2) is 0 Å². The predicted octanol–water partition coefficient (Wildman–Crippen LogP) is 4.84. The molecule has 32 heavy (non-hydrogen) atoms. The Kier molecular flexibility index (Phi) is 8.65. The molecule has 3 aromatic rings. The molecule has 3 rings (SSSR count). The highest BCUT2D eigenvalue weighted by atomic mass is 32.1. The van der Waals surface area contributed by atoms with Crippen molar-refractivity contribution in [3.8, 4) is 17.2 Å². The van der Waals surface area contributed by atoms with Crippen molar-refractivity contribution in [2.75, 3.05) is 25.1 Å². The molecule has 7 heteroatoms. The summed E-state index contributed by atoms with van der Waals surface area (Å²) in [6.45, 7) is 4.80. The van der Waals surface area contributed by atoms with Crippen molar-refractivity contribution in [1.29, 1.82) is 0 Å². The number of carbonyl (C=O) groups is 1. The summed E-state index contributed by atoms with van der Waals surface area (Å²) in [5.41, 5.74) is 1.17. The highest BCUT2D eigenvalue weighted by molar-refractivity contribution is 7.80. The first-order valence-electron chi connectivity index (χ1n) is 10.0. The van der Waals surface area contributed by atoms with Crippen LogP contribution in [0.5, 0.6) is 17.2 Å². The summed E-state index contributed by atoms with van der Waals surface area (Å²) in [4.78, 5) is 12.5. The van der Waals surface area contributed by atoms with Crippen LogP contribution in [0.25, 0.3) is 0 Å². The van der Waals surface area contributed by atoms with Crippen LogP contribution in [0.15, 0.2) is 91.5 Å². The second-order valence-electron chi connectivity index (χ2n) is 6.57. The first-order chi connectivity index (χ1) is 15.6. The van der Waals surface area contributed by atoms with E-state index in [2.05, 4.69) is 17.2 Å². The Balaban J connectivity index is 1.46. The van der Waals surface area contributed by atoms with E-state index in [1.807, 2.05) is 42.5 Å². The second kappa shape index (κ2) is 12.1. The standard InChI is InChI=1S/C25H24N2O4S/c1-2-15-29-22-13-11-20(12-14-22)26-25(32)27-24(28)19-7-6-10-23(18-19)31-17-16-30-21-8-4-3-5-9-21/h2-14,18H,1,15-17H2,(H2,26,27,28,32). The minimum Gasteiger partial charge on any atom is -0.490 e. The summed E-state index contributed by atoms with van der Waals surface area (Å²) in [6.07, 6.45) is 1.68. The van der Waals surface area contributed by atoms with Gasteiger partial charge in [-0.05, 0) is 66.8 Å². The number of ether oxygens (including phenoxy) is 3. The SMILES string of the molecule is C=CCOc1ccc(NC(=S)NC(=O)c2cccc(OCCOc3ccccc3)c2)cc1. The highest BCUT2D eigenvalue weighted by Gasteiger charge is 2.09. The van der Waals surface area contributed by atoms with Gasteiger partial charge in [-0.15, -0.1) is 0 Å². The number of thiocarbonyl (C=S) groups is 1. The molecule has 164 valence electrons. The van der Waals surface area contributed by atoms with E-state index < -0.39 is 0 Å². The molecule has 0 fully saturated rings. The van der Waals surface area contributed by atoms with Crippen molar-refractivity contribution in [3.05, 3.63) is 97.1 Å². The molecule has 2 N–H and O–H groups in total. The smallest absolute Gasteiger partial charge is 0.257 e. The quantitative estimate of drug-likeness (QED) is 0.263. The molecule has 0 radical (unpaired) electrons. The number of anilines is 1. The summed E-state index contributed by atoms with van der Waals surface area (Å²) >= 11 is 5.24. The normalized spacial score (nSPS) is 10.0. The maximum Gasteiger partial charge on any atom is 0.257 e. The summed E-state index contributed by atoms with van der Waals surface area (Å²) in [6, 6.07) is 23.6. The van der Waals surface area contributed by atoms with Gasteiger partial charge in [0.25, 0.3) is 5.91 Å². The minimum absolute atomic E-state index is 0.192. The molecule has 0 aliphatic carbocycles. The summed E-state index contributed by atoms with van der Waals surface area (Å²) in [7, 11) is 0. The largest absolute Gasteiger partial charge is 0.490 e. The topological polar surface area (TPSA) is 68.8 Å². The third-order valence-electron chi connectivity index (χ3n) is 4.17. The van der Waals surface area contributed by atoms with Crippen LogP contribution in [0.1, 0.15) is 10.4 Å². The molecule has 0 heterocycles. The highest BCUT2D eigenvalue weighted by Crippen LogP contribution is 2.16. The van der Waals surface area contributed by atoms with E-state index >= 15 is 0 Å². The first-order valence-corrected chi connectivity index (χ1v) is 10.4. The van der Waals surface area contributed by atoms with Crippen LogP contribution < -0.4 is 24.8 Å². The fourth-order valence-electron chi connectivity index (χ4n) is 2.69. The monoisotopic (exact) mass is 448 g/mol. The van der Waals surface area contributed by atoms with E-state index in [4.69, 9.17) is 26.4 Å². The Labute approximate surface area is 192 Å². The number of para-hydroxylation sites is 1. The van der Waals surface area contributed by atoms with Crippen LogP contribution in [0.4, 0.5) is 5.69 Å². The number of hydrogen-bond acceptors (Lipinski definition) is 5. The van der Waals surface area contributed by atoms with Crippen molar-refractivity contribution in [3.63, 3.8) is 0 Å². The molecular weight excluding hydrogens is 424 g/mol. The van der Waals surface area contributed by atoms with E-state index in [-0.39, 0.29) is 11.0 Å². The van der Waals surface area contributed by atoms with Gasteiger partial charge in [0.05, 0.1) is 0 Å². The maximum atomic E-state index is 12.5. The number of hydrogen-bond donors (Lipinski definition) is 2. The van der Waals surface area contributed by atoms with Crippen LogP contribution in [0.2, 0.25) is 0 Å². The van der Waals surface area contributed by atoms with Crippen molar-refractivity contribution in [2.24, 2.45) is 0 Å². The molecule has 1 amide bonds. The zero-order valence-corrected chi connectivity index (χ0v) is 18.3. The molecule has 3 aromatic carbocycles. The molecule has 0 bridgehead atoms. The molecule has 0 unspecified atom stereocenters. The van der Waals surface area contributed by atoms with Crippen molar-refractivity contribution >= 4 is 28.9 Å². The average molecular weight is 449 g/mol. The molecule has 6 nitrogen and oxygen atoms in total. The zero-order valence-electron chi connectivity index (χ0n) is 17.5. The maximum absolute atomic E-state index is 12.5. The van der Waals surface area contributed by atoms with Gasteiger partial charge in [0.15, 0.2) is 5.11 Å². The fraction of sp³-hybridized carbons (Fsp3) is 0.120. The van der Waals surface area contributed by atoms with Crippen LogP contribution in [0, 0.1) is 0 Å². The van der Waals surface area contributed by atoms with Gasteiger partial charge in [-0.3, -0.25) is 10.1 Å². The number of rotatable bonds is 10. The third kappa shape index (κ3) is 7.45. The summed E-state index contributed by atoms with van der Waals surface area (Å²) in [5.74, 6) is 1.74. The van der Waals surface area contributed by atoms with Crippen molar-refractivity contribution in [2.45, 2.75) is 0 Å². The summed E-state index contributed by atoms with van der Waals surface area (Å²) in [5, 5.41) is 5.83. The molecule has 0 spiro atoms. The van der Waals surface area contributed by atoms with E-state index in [1.165, 1.54) is 0 Å². The lowest BCUT2D eigenvalue weighted by Gasteiger charge is -2.12. The first kappa shape index (κ1) is 22.8. The molecule has 0 aromatic heterocycles. The van der Waals surface area contributed by atoms with Gasteiger partial charge < -0.3 is 19.5 Å². The molecule has 0 saturated heterocycles. The lowest BCUT2D eigenvalue weighted by Crippen LogP contribution is -2.34. The van der Waals surface area contributed by atoms with E-state index in [1.54, 1.807) is 42.5 Å². The van der Waals surface area contributed by atoms with E-state index in [9.17, 15) is 4.79 Å². The minimum atomic E-state index is -0.334. The average Bonchev–Trinajstić information content (AvgIpc) is 2.82. The van der Waals surface area contributed by atoms with E-state index in [0.29, 0.717) is 31.1 Å². The molecule has 0 atom stereocenters. The zero-order chi connectivity index (χ0) is 22.6. The van der Waals surface area contributed by atoms with Crippen LogP contribution >= 0.6 is 12.2 Å². The van der Waals surface area contributed by atoms with Gasteiger partial charge in [-0.2, -0.15) is 0 Å². The number of nitrogens with one attached hydrogen (secondary N) is 2. The Morgan fingerprint density at radius 2 is 1.50 bits per heavy atom. The Bertz CT molecular complexity index is 1040. The number of amides is 1. The van der Waals surface area contributed by atoms with Crippen LogP contribution in [-0.2, 0) is 0 Å². The number of carbonyl (C=O) groups excluding carboxylic acids is 1. The molecule has 0 aliphatic heterocycles. The fourth-order valence-corrected chi connectivity index (χ4v) is 2.90. The Morgan fingerprint density at radius 1 is 0.844 bits per heavy atom. The Hall–Kier alpha value is -3.84. The van der Waals surface area contributed by atoms with Crippen LogP contribution in [0.3, 0.4) is 0 Å². The Morgan fingerprint density at radius 3 is 2.22 bits per heavy atom. The van der Waals surface area contributed by atoms with Crippen LogP contribution in [-0.4, -0.2) is 30.8 Å². The lowest BCUT2D eigenvalue weighted by atomic mass is 10.2. The van der Waals surface area contributed by atoms with Crippen molar-refractivity contribution < 1.29 is 19.0 Å². The molecule has 0 saturated carbocycles. The molecule has 0 aliphatic rings. The molecular formula is C25H24N2O4S. The van der Waals surface area contributed by atoms with Gasteiger partial charge in [0, 0.05) is 11.3 Å². The van der Waals surface area contributed by atoms with Gasteiger partial charge in [-0.1, -0.05) is 36.9 Å². The van der Waals surface area contributed by atoms with Gasteiger partial charge in [0.1, 0.15) is 37.1 Å². The van der Waals surface area contributed by atoms with Gasteiger partial charge >= 0.3 is 0 Å². The number of benzene rings is 3. The second-order valence-corrected chi connectivity index (χ2v) is 6.98. The third-order valence-corrected chi connectivity index (χ3v) is 4.37. The van der Waals surface area contributed by atoms with Gasteiger partial charge in [0.2, 0.25) is 0 Å². The predicted molar refractivity (Wildman–Crippen MR) is 130 cm³/mol. The lowest BCUT2D eigenvalue weighted by molar-refractivity contribution is 0.0977. The van der Waals surface area contributed by atoms with E-state index in [0.717, 1.165) is 17.2 Å². The summed E-state index contributed by atoms with van der Waals surface area (Å²) < 4.78 is 16.7. The van der Waals surface area contributed by atoms with Crippen molar-refractivity contribution in [1.82, 2.24) is 5.32 Å².